The number of nitrogens with zero attached hydrogens (tertiary/aromatic N) is 2. The zero-order valence-corrected chi connectivity index (χ0v) is 6.71. The summed E-state index contributed by atoms with van der Waals surface area (Å²) in [6.45, 7) is 3.72. The lowest BCUT2D eigenvalue weighted by Gasteiger charge is -2.33. The van der Waals surface area contributed by atoms with Crippen LogP contribution in [0.2, 0.25) is 0 Å². The summed E-state index contributed by atoms with van der Waals surface area (Å²) in [6, 6.07) is 0.532. The van der Waals surface area contributed by atoms with Crippen molar-refractivity contribution >= 4 is 6.03 Å². The smallest absolute Gasteiger partial charge is 0.317 e. The number of carbonyl (C=O) groups is 1. The highest BCUT2D eigenvalue weighted by atomic mass is 16.2. The van der Waals surface area contributed by atoms with E-state index in [-0.39, 0.29) is 6.03 Å². The van der Waals surface area contributed by atoms with Gasteiger partial charge in [0.1, 0.15) is 0 Å². The van der Waals surface area contributed by atoms with Gasteiger partial charge in [-0.1, -0.05) is 0 Å². The minimum absolute atomic E-state index is 0.114. The van der Waals surface area contributed by atoms with Gasteiger partial charge in [-0.3, -0.25) is 0 Å². The number of piperazine rings is 1. The molecule has 11 heavy (non-hydrogen) atoms. The third kappa shape index (κ3) is 1.07. The molecule has 2 heterocycles. The van der Waals surface area contributed by atoms with Gasteiger partial charge in [0.25, 0.3) is 0 Å². The number of nitrogens with one attached hydrogen (secondary N) is 1. The van der Waals surface area contributed by atoms with Crippen molar-refractivity contribution in [3.8, 4) is 0 Å². The number of hydrogen-bond acceptors (Lipinski definition) is 2. The summed E-state index contributed by atoms with van der Waals surface area (Å²) in [5.41, 5.74) is 0. The SMILES string of the molecule is CN1CCN2C(=O)NC[C@H]2C1. The van der Waals surface area contributed by atoms with Gasteiger partial charge in [0.2, 0.25) is 0 Å². The zero-order valence-electron chi connectivity index (χ0n) is 6.71. The Balaban J connectivity index is 2.06. The van der Waals surface area contributed by atoms with E-state index in [4.69, 9.17) is 0 Å². The van der Waals surface area contributed by atoms with Gasteiger partial charge in [0.15, 0.2) is 0 Å². The van der Waals surface area contributed by atoms with E-state index >= 15 is 0 Å². The molecule has 0 aliphatic carbocycles. The predicted molar refractivity (Wildman–Crippen MR) is 41.4 cm³/mol. The van der Waals surface area contributed by atoms with Crippen molar-refractivity contribution < 1.29 is 4.79 Å². The summed E-state index contributed by atoms with van der Waals surface area (Å²) in [6.07, 6.45) is 0. The molecule has 2 saturated heterocycles. The third-order valence-corrected chi connectivity index (χ3v) is 2.44. The topological polar surface area (TPSA) is 35.6 Å². The maximum Gasteiger partial charge on any atom is 0.317 e. The van der Waals surface area contributed by atoms with Gasteiger partial charge >= 0.3 is 6.03 Å². The van der Waals surface area contributed by atoms with E-state index < -0.39 is 0 Å². The minimum atomic E-state index is 0.114. The number of hydrogen-bond donors (Lipinski definition) is 1. The fourth-order valence-corrected chi connectivity index (χ4v) is 1.76. The van der Waals surface area contributed by atoms with Gasteiger partial charge < -0.3 is 15.1 Å². The standard InChI is InChI=1S/C7H13N3O/c1-9-2-3-10-6(5-9)4-8-7(10)11/h6H,2-5H2,1H3,(H,8,11)/t6-/m0/s1. The Labute approximate surface area is 66.1 Å². The third-order valence-electron chi connectivity index (χ3n) is 2.44. The van der Waals surface area contributed by atoms with Crippen molar-refractivity contribution in [2.75, 3.05) is 33.2 Å². The molecule has 0 bridgehead atoms. The molecule has 2 aliphatic rings. The fraction of sp³-hybridized carbons (Fsp3) is 0.857. The zero-order chi connectivity index (χ0) is 7.84. The Morgan fingerprint density at radius 3 is 3.18 bits per heavy atom. The molecule has 0 aromatic rings. The van der Waals surface area contributed by atoms with Crippen LogP contribution in [0.25, 0.3) is 0 Å². The minimum Gasteiger partial charge on any atom is -0.336 e. The van der Waals surface area contributed by atoms with Crippen LogP contribution in [0.3, 0.4) is 0 Å². The molecule has 4 nitrogen and oxygen atoms in total. The molecule has 2 aliphatic heterocycles. The Morgan fingerprint density at radius 1 is 1.55 bits per heavy atom. The molecule has 1 atom stereocenters. The van der Waals surface area contributed by atoms with Gasteiger partial charge in [-0.05, 0) is 7.05 Å². The average molecular weight is 155 g/mol. The number of urea groups is 1. The van der Waals surface area contributed by atoms with Gasteiger partial charge in [-0.25, -0.2) is 4.79 Å². The second kappa shape index (κ2) is 2.37. The molecule has 2 amide bonds. The highest BCUT2D eigenvalue weighted by molar-refractivity contribution is 5.77. The number of carbonyl (C=O) groups excluding carboxylic acids is 1. The molecule has 0 spiro atoms. The lowest BCUT2D eigenvalue weighted by Crippen LogP contribution is -2.50. The highest BCUT2D eigenvalue weighted by Gasteiger charge is 2.33. The summed E-state index contributed by atoms with van der Waals surface area (Å²) in [5.74, 6) is 0. The first-order valence-electron chi connectivity index (χ1n) is 4.00. The maximum atomic E-state index is 11.1. The quantitative estimate of drug-likeness (QED) is 0.503. The number of amides is 2. The molecule has 2 rings (SSSR count). The van der Waals surface area contributed by atoms with E-state index in [1.54, 1.807) is 0 Å². The fourth-order valence-electron chi connectivity index (χ4n) is 1.76. The number of fused-ring (bicyclic) bond motifs is 1. The normalized spacial score (nSPS) is 31.9. The first-order chi connectivity index (χ1) is 5.27. The van der Waals surface area contributed by atoms with Gasteiger partial charge in [0, 0.05) is 26.2 Å². The van der Waals surface area contributed by atoms with Crippen molar-refractivity contribution in [3.63, 3.8) is 0 Å². The van der Waals surface area contributed by atoms with Crippen molar-refractivity contribution in [3.05, 3.63) is 0 Å². The molecule has 4 heteroatoms. The summed E-state index contributed by atoms with van der Waals surface area (Å²) < 4.78 is 0. The average Bonchev–Trinajstić information content (AvgIpc) is 2.32. The second-order valence-electron chi connectivity index (χ2n) is 3.30. The van der Waals surface area contributed by atoms with Gasteiger partial charge in [0.05, 0.1) is 6.04 Å². The molecule has 0 radical (unpaired) electrons. The summed E-state index contributed by atoms with van der Waals surface area (Å²) >= 11 is 0. The van der Waals surface area contributed by atoms with Crippen LogP contribution in [-0.2, 0) is 0 Å². The van der Waals surface area contributed by atoms with E-state index in [0.717, 1.165) is 26.2 Å². The van der Waals surface area contributed by atoms with Crippen LogP contribution in [0, 0.1) is 0 Å². The Kier molecular flexibility index (Phi) is 1.49. The van der Waals surface area contributed by atoms with E-state index in [2.05, 4.69) is 17.3 Å². The number of rotatable bonds is 0. The van der Waals surface area contributed by atoms with Crippen LogP contribution in [0.5, 0.6) is 0 Å². The molecule has 0 unspecified atom stereocenters. The monoisotopic (exact) mass is 155 g/mol. The summed E-state index contributed by atoms with van der Waals surface area (Å²) in [5, 5.41) is 2.84. The van der Waals surface area contributed by atoms with Crippen LogP contribution in [0.4, 0.5) is 4.79 Å². The number of likely N-dealkylation sites (N-methyl/N-ethyl adjacent to an activating group) is 1. The second-order valence-corrected chi connectivity index (χ2v) is 3.30. The molecule has 62 valence electrons. The molecule has 0 saturated carbocycles. The molecule has 1 N–H and O–H groups in total. The van der Waals surface area contributed by atoms with Crippen molar-refractivity contribution in [2.45, 2.75) is 6.04 Å². The largest absolute Gasteiger partial charge is 0.336 e. The van der Waals surface area contributed by atoms with E-state index in [0.29, 0.717) is 6.04 Å². The van der Waals surface area contributed by atoms with Gasteiger partial charge in [-0.15, -0.1) is 0 Å². The van der Waals surface area contributed by atoms with Crippen LogP contribution < -0.4 is 5.32 Å². The Morgan fingerprint density at radius 2 is 2.36 bits per heavy atom. The van der Waals surface area contributed by atoms with E-state index in [9.17, 15) is 4.79 Å². The molecular formula is C7H13N3O. The lowest BCUT2D eigenvalue weighted by molar-refractivity contribution is 0.139. The van der Waals surface area contributed by atoms with Crippen LogP contribution >= 0.6 is 0 Å². The van der Waals surface area contributed by atoms with Gasteiger partial charge in [-0.2, -0.15) is 0 Å². The van der Waals surface area contributed by atoms with Crippen LogP contribution in [0.15, 0.2) is 0 Å². The Hall–Kier alpha value is -0.770. The molecule has 2 fully saturated rings. The molecule has 0 aromatic carbocycles. The van der Waals surface area contributed by atoms with E-state index in [1.165, 1.54) is 0 Å². The summed E-state index contributed by atoms with van der Waals surface area (Å²) in [4.78, 5) is 15.3. The Bertz CT molecular complexity index is 183. The maximum absolute atomic E-state index is 11.1. The van der Waals surface area contributed by atoms with Crippen molar-refractivity contribution in [2.24, 2.45) is 0 Å². The lowest BCUT2D eigenvalue weighted by atomic mass is 10.2. The predicted octanol–water partition coefficient (Wildman–Crippen LogP) is -0.674. The van der Waals surface area contributed by atoms with Crippen molar-refractivity contribution in [1.29, 1.82) is 0 Å². The first kappa shape index (κ1) is 6.91. The van der Waals surface area contributed by atoms with Crippen molar-refractivity contribution in [1.82, 2.24) is 15.1 Å². The van der Waals surface area contributed by atoms with E-state index in [1.807, 2.05) is 4.90 Å². The van der Waals surface area contributed by atoms with Crippen LogP contribution in [0.1, 0.15) is 0 Å². The molecular weight excluding hydrogens is 142 g/mol. The first-order valence-corrected chi connectivity index (χ1v) is 4.00. The highest BCUT2D eigenvalue weighted by Crippen LogP contribution is 2.12. The van der Waals surface area contributed by atoms with Crippen LogP contribution in [-0.4, -0.2) is 55.1 Å². The molecule has 0 aromatic heterocycles. The summed E-state index contributed by atoms with van der Waals surface area (Å²) in [7, 11) is 2.10.